The van der Waals surface area contributed by atoms with Gasteiger partial charge in [-0.2, -0.15) is 0 Å². The van der Waals surface area contributed by atoms with Gasteiger partial charge < -0.3 is 9.84 Å². The van der Waals surface area contributed by atoms with Gasteiger partial charge in [-0.25, -0.2) is 9.78 Å². The second-order valence-corrected chi connectivity index (χ2v) is 5.59. The molecular formula is C10H15NO3S2. The van der Waals surface area contributed by atoms with Crippen molar-refractivity contribution >= 4 is 29.1 Å². The zero-order valence-electron chi connectivity index (χ0n) is 9.36. The van der Waals surface area contributed by atoms with Gasteiger partial charge in [-0.3, -0.25) is 0 Å². The van der Waals surface area contributed by atoms with Crippen LogP contribution in [0.5, 0.6) is 0 Å². The predicted octanol–water partition coefficient (Wildman–Crippen LogP) is 2.67. The lowest BCUT2D eigenvalue weighted by atomic mass is 10.4. The lowest BCUT2D eigenvalue weighted by molar-refractivity contribution is 0.0701. The van der Waals surface area contributed by atoms with Gasteiger partial charge in [0, 0.05) is 19.5 Å². The van der Waals surface area contributed by atoms with Crippen molar-refractivity contribution in [3.8, 4) is 0 Å². The van der Waals surface area contributed by atoms with Crippen LogP contribution in [-0.4, -0.2) is 35.5 Å². The molecule has 0 unspecified atom stereocenters. The normalized spacial score (nSPS) is 10.6. The monoisotopic (exact) mass is 261 g/mol. The molecule has 0 saturated carbocycles. The number of aromatic nitrogens is 1. The lowest BCUT2D eigenvalue weighted by Gasteiger charge is -1.97. The number of carboxylic acids is 1. The summed E-state index contributed by atoms with van der Waals surface area (Å²) < 4.78 is 5.79. The van der Waals surface area contributed by atoms with Crippen LogP contribution in [0, 0.1) is 6.92 Å². The molecule has 0 aliphatic rings. The van der Waals surface area contributed by atoms with Crippen molar-refractivity contribution < 1.29 is 14.6 Å². The molecule has 0 radical (unpaired) electrons. The minimum absolute atomic E-state index is 0.347. The fourth-order valence-electron chi connectivity index (χ4n) is 1.14. The van der Waals surface area contributed by atoms with Gasteiger partial charge in [0.05, 0.1) is 5.69 Å². The zero-order valence-corrected chi connectivity index (χ0v) is 11.0. The third-order valence-electron chi connectivity index (χ3n) is 1.94. The minimum Gasteiger partial charge on any atom is -0.477 e. The topological polar surface area (TPSA) is 59.4 Å². The van der Waals surface area contributed by atoms with Crippen molar-refractivity contribution in [2.45, 2.75) is 24.1 Å². The third kappa shape index (κ3) is 4.11. The van der Waals surface area contributed by atoms with Gasteiger partial charge >= 0.3 is 5.97 Å². The maximum absolute atomic E-state index is 10.8. The van der Waals surface area contributed by atoms with Crippen molar-refractivity contribution in [3.63, 3.8) is 0 Å². The number of unbranched alkanes of at least 4 members (excludes halogenated alkanes) is 1. The molecule has 0 bridgehead atoms. The molecule has 4 nitrogen and oxygen atoms in total. The lowest BCUT2D eigenvalue weighted by Crippen LogP contribution is -1.94. The Bertz CT molecular complexity index is 352. The van der Waals surface area contributed by atoms with Crippen LogP contribution in [-0.2, 0) is 4.74 Å². The maximum atomic E-state index is 10.8. The zero-order chi connectivity index (χ0) is 12.0. The molecule has 0 atom stereocenters. The number of carbonyl (C=O) groups is 1. The number of methoxy groups -OCH3 is 1. The molecule has 0 aliphatic heterocycles. The summed E-state index contributed by atoms with van der Waals surface area (Å²) in [4.78, 5) is 15.4. The first-order valence-corrected chi connectivity index (χ1v) is 6.78. The van der Waals surface area contributed by atoms with Gasteiger partial charge in [0.25, 0.3) is 0 Å². The van der Waals surface area contributed by atoms with Gasteiger partial charge in [-0.15, -0.1) is 11.3 Å². The van der Waals surface area contributed by atoms with E-state index < -0.39 is 5.97 Å². The van der Waals surface area contributed by atoms with Crippen LogP contribution < -0.4 is 0 Å². The highest BCUT2D eigenvalue weighted by molar-refractivity contribution is 8.01. The van der Waals surface area contributed by atoms with E-state index in [4.69, 9.17) is 9.84 Å². The van der Waals surface area contributed by atoms with Crippen molar-refractivity contribution in [3.05, 3.63) is 10.6 Å². The molecule has 0 spiro atoms. The van der Waals surface area contributed by atoms with Crippen LogP contribution in [0.1, 0.15) is 28.2 Å². The van der Waals surface area contributed by atoms with Gasteiger partial charge in [0.15, 0.2) is 4.34 Å². The molecule has 0 aromatic carbocycles. The number of ether oxygens (including phenoxy) is 1. The fraction of sp³-hybridized carbons (Fsp3) is 0.600. The number of rotatable bonds is 7. The van der Waals surface area contributed by atoms with E-state index in [1.807, 2.05) is 0 Å². The van der Waals surface area contributed by atoms with E-state index in [0.29, 0.717) is 10.6 Å². The second-order valence-electron chi connectivity index (χ2n) is 3.25. The Balaban J connectivity index is 2.37. The summed E-state index contributed by atoms with van der Waals surface area (Å²) in [5, 5.41) is 8.87. The molecular weight excluding hydrogens is 246 g/mol. The molecule has 6 heteroatoms. The highest BCUT2D eigenvalue weighted by Crippen LogP contribution is 2.27. The summed E-state index contributed by atoms with van der Waals surface area (Å²) >= 11 is 2.86. The van der Waals surface area contributed by atoms with E-state index in [-0.39, 0.29) is 0 Å². The molecule has 0 amide bonds. The number of hydrogen-bond donors (Lipinski definition) is 1. The maximum Gasteiger partial charge on any atom is 0.347 e. The Morgan fingerprint density at radius 1 is 1.56 bits per heavy atom. The number of thiazole rings is 1. The molecule has 0 saturated heterocycles. The van der Waals surface area contributed by atoms with Crippen molar-refractivity contribution in [2.24, 2.45) is 0 Å². The number of nitrogens with zero attached hydrogens (tertiary/aromatic N) is 1. The summed E-state index contributed by atoms with van der Waals surface area (Å²) in [6.07, 6.45) is 2.08. The van der Waals surface area contributed by atoms with Gasteiger partial charge in [0.1, 0.15) is 4.88 Å². The first-order chi connectivity index (χ1) is 7.65. The Kier molecular flexibility index (Phi) is 5.79. The van der Waals surface area contributed by atoms with Crippen molar-refractivity contribution in [1.82, 2.24) is 4.98 Å². The van der Waals surface area contributed by atoms with E-state index in [1.165, 1.54) is 11.3 Å². The number of aryl methyl sites for hydroxylation is 1. The number of aromatic carboxylic acids is 1. The molecule has 0 aliphatic carbocycles. The summed E-state index contributed by atoms with van der Waals surface area (Å²) in [5.41, 5.74) is 0.608. The second kappa shape index (κ2) is 6.88. The molecule has 1 rings (SSSR count). The average molecular weight is 261 g/mol. The summed E-state index contributed by atoms with van der Waals surface area (Å²) in [6, 6.07) is 0. The first kappa shape index (κ1) is 13.5. The average Bonchev–Trinajstić information content (AvgIpc) is 2.59. The number of hydrogen-bond acceptors (Lipinski definition) is 5. The Labute approximate surface area is 103 Å². The summed E-state index contributed by atoms with van der Waals surface area (Å²) in [6.45, 7) is 2.51. The molecule has 1 aromatic heterocycles. The SMILES string of the molecule is COCCCCSc1nc(C)c(C(=O)O)s1. The standard InChI is InChI=1S/C10H15NO3S2/c1-7-8(9(12)13)16-10(11-7)15-6-4-3-5-14-2/h3-6H2,1-2H3,(H,12,13). The van der Waals surface area contributed by atoms with Crippen molar-refractivity contribution in [2.75, 3.05) is 19.5 Å². The number of thioether (sulfide) groups is 1. The Morgan fingerprint density at radius 2 is 2.31 bits per heavy atom. The predicted molar refractivity (Wildman–Crippen MR) is 65.6 cm³/mol. The van der Waals surface area contributed by atoms with E-state index in [1.54, 1.807) is 25.8 Å². The quantitative estimate of drug-likeness (QED) is 0.604. The van der Waals surface area contributed by atoms with Crippen molar-refractivity contribution in [1.29, 1.82) is 0 Å². The first-order valence-electron chi connectivity index (χ1n) is 4.97. The highest BCUT2D eigenvalue weighted by atomic mass is 32.2. The summed E-state index contributed by atoms with van der Waals surface area (Å²) in [5.74, 6) is 0.0660. The third-order valence-corrected chi connectivity index (χ3v) is 4.31. The molecule has 1 aromatic rings. The fourth-order valence-corrected chi connectivity index (χ4v) is 3.24. The van der Waals surface area contributed by atoms with E-state index in [2.05, 4.69) is 4.98 Å². The minimum atomic E-state index is -0.888. The van der Waals surface area contributed by atoms with E-state index in [9.17, 15) is 4.79 Å². The Morgan fingerprint density at radius 3 is 2.88 bits per heavy atom. The van der Waals surface area contributed by atoms with Gasteiger partial charge in [-0.1, -0.05) is 11.8 Å². The van der Waals surface area contributed by atoms with Crippen LogP contribution in [0.4, 0.5) is 0 Å². The van der Waals surface area contributed by atoms with Gasteiger partial charge in [0.2, 0.25) is 0 Å². The van der Waals surface area contributed by atoms with Crippen LogP contribution in [0.2, 0.25) is 0 Å². The number of carboxylic acid groups (broad SMARTS) is 1. The van der Waals surface area contributed by atoms with Crippen LogP contribution in [0.3, 0.4) is 0 Å². The van der Waals surface area contributed by atoms with Crippen LogP contribution in [0.25, 0.3) is 0 Å². The molecule has 1 heterocycles. The molecule has 16 heavy (non-hydrogen) atoms. The van der Waals surface area contributed by atoms with E-state index in [0.717, 1.165) is 29.5 Å². The molecule has 0 fully saturated rings. The van der Waals surface area contributed by atoms with Crippen LogP contribution >= 0.6 is 23.1 Å². The van der Waals surface area contributed by atoms with Crippen LogP contribution in [0.15, 0.2) is 4.34 Å². The largest absolute Gasteiger partial charge is 0.477 e. The van der Waals surface area contributed by atoms with Gasteiger partial charge in [-0.05, 0) is 19.8 Å². The molecule has 90 valence electrons. The smallest absolute Gasteiger partial charge is 0.347 e. The summed E-state index contributed by atoms with van der Waals surface area (Å²) in [7, 11) is 1.69. The molecule has 1 N–H and O–H groups in total. The van der Waals surface area contributed by atoms with E-state index >= 15 is 0 Å². The highest BCUT2D eigenvalue weighted by Gasteiger charge is 2.13. The Hall–Kier alpha value is -0.590.